The number of rotatable bonds is 19. The molecule has 0 saturated carbocycles. The lowest BCUT2D eigenvalue weighted by Gasteiger charge is -2.17. The first kappa shape index (κ1) is 35.3. The Hall–Kier alpha value is -2.14. The van der Waals surface area contributed by atoms with E-state index in [0.717, 1.165) is 40.0 Å². The van der Waals surface area contributed by atoms with E-state index in [4.69, 9.17) is 16.3 Å². The molecule has 0 aliphatic rings. The number of carbonyl (C=O) groups is 3. The van der Waals surface area contributed by atoms with E-state index in [1.165, 1.54) is 0 Å². The quantitative estimate of drug-likeness (QED) is 0.0995. The largest absolute Gasteiger partial charge is 0.381 e. The molecule has 7 nitrogen and oxygen atoms in total. The van der Waals surface area contributed by atoms with Crippen molar-refractivity contribution in [2.75, 3.05) is 37.8 Å². The summed E-state index contributed by atoms with van der Waals surface area (Å²) in [5, 5.41) is 8.08. The number of aromatic nitrogens is 1. The van der Waals surface area contributed by atoms with Gasteiger partial charge in [0.25, 0.3) is 5.91 Å². The van der Waals surface area contributed by atoms with Gasteiger partial charge in [-0.25, -0.2) is 0 Å². The molecule has 3 aromatic rings. The Morgan fingerprint density at radius 1 is 0.930 bits per heavy atom. The molecule has 0 aliphatic heterocycles. The van der Waals surface area contributed by atoms with Crippen LogP contribution in [0.2, 0.25) is 5.02 Å². The summed E-state index contributed by atoms with van der Waals surface area (Å²) >= 11 is 14.6. The van der Waals surface area contributed by atoms with Crippen LogP contribution >= 0.6 is 36.9 Å². The first-order valence-electron chi connectivity index (χ1n) is 14.9. The highest BCUT2D eigenvalue weighted by atomic mass is 35.5. The normalized spacial score (nSPS) is 12.9. The number of hydrogen-bond donors (Lipinski definition) is 4. The fourth-order valence-electron chi connectivity index (χ4n) is 4.99. The van der Waals surface area contributed by atoms with Crippen molar-refractivity contribution in [2.24, 2.45) is 0 Å². The molecule has 1 heterocycles. The number of benzene rings is 2. The van der Waals surface area contributed by atoms with Gasteiger partial charge in [-0.15, -0.1) is 0 Å². The van der Waals surface area contributed by atoms with Crippen molar-refractivity contribution in [2.45, 2.75) is 65.0 Å². The van der Waals surface area contributed by atoms with E-state index in [2.05, 4.69) is 42.8 Å². The van der Waals surface area contributed by atoms with Crippen LogP contribution in [0.15, 0.2) is 42.5 Å². The third-order valence-corrected chi connectivity index (χ3v) is 8.63. The Morgan fingerprint density at radius 3 is 2.28 bits per heavy atom. The first-order chi connectivity index (χ1) is 20.7. The second-order valence-electron chi connectivity index (χ2n) is 11.0. The van der Waals surface area contributed by atoms with Crippen molar-refractivity contribution >= 4 is 65.2 Å². The summed E-state index contributed by atoms with van der Waals surface area (Å²) < 4.78 is 7.41. The summed E-state index contributed by atoms with van der Waals surface area (Å²) in [7, 11) is 0. The number of Topliss-reactive ketones (excluding diaryl/α,β-unsaturated/α-hetero) is 2. The van der Waals surface area contributed by atoms with Crippen LogP contribution in [0.3, 0.4) is 0 Å². The Morgan fingerprint density at radius 2 is 1.60 bits per heavy atom. The molecule has 43 heavy (non-hydrogen) atoms. The van der Waals surface area contributed by atoms with Crippen LogP contribution in [0.4, 0.5) is 0 Å². The first-order valence-corrected chi connectivity index (χ1v) is 16.5. The number of fused-ring (bicyclic) bond motifs is 1. The van der Waals surface area contributed by atoms with Gasteiger partial charge < -0.3 is 15.4 Å². The number of thiol groups is 2. The molecular weight excluding hydrogens is 602 g/mol. The van der Waals surface area contributed by atoms with Crippen molar-refractivity contribution in [3.63, 3.8) is 0 Å². The lowest BCUT2D eigenvalue weighted by atomic mass is 10.0. The summed E-state index contributed by atoms with van der Waals surface area (Å²) in [4.78, 5) is 39.0. The standard InChI is InChI=1S/C33H44ClN3O4S2/c1-22-8-13-31-29(18-22)28(24(3)37(31)33(40)25-9-11-26(34)12-10-25)19-27(38)6-4-16-41-17-5-7-32(39)30(21-43)36-15-14-35-23(2)20-42/h8-13,18,23,30,35-36,42-43H,4-7,14-17,19-21H2,1-3H3/t23-,30?/m1/s1. The van der Waals surface area contributed by atoms with Gasteiger partial charge in [0.05, 0.1) is 11.6 Å². The molecule has 10 heteroatoms. The molecule has 0 radical (unpaired) electrons. The maximum atomic E-state index is 13.4. The Labute approximate surface area is 271 Å². The van der Waals surface area contributed by atoms with Crippen LogP contribution in [0.1, 0.15) is 59.8 Å². The van der Waals surface area contributed by atoms with Gasteiger partial charge in [0.15, 0.2) is 5.78 Å². The van der Waals surface area contributed by atoms with Gasteiger partial charge in [0, 0.05) is 84.8 Å². The number of carbonyl (C=O) groups excluding carboxylic acids is 3. The van der Waals surface area contributed by atoms with Crippen molar-refractivity contribution in [3.05, 3.63) is 69.9 Å². The summed E-state index contributed by atoms with van der Waals surface area (Å²) in [6.07, 6.45) is 2.30. The van der Waals surface area contributed by atoms with Crippen LogP contribution in [0, 0.1) is 13.8 Å². The summed E-state index contributed by atoms with van der Waals surface area (Å²) in [6, 6.07) is 12.8. The Balaban J connectivity index is 1.45. The summed E-state index contributed by atoms with van der Waals surface area (Å²) in [5.74, 6) is 1.30. The minimum absolute atomic E-state index is 0.0994. The predicted octanol–water partition coefficient (Wildman–Crippen LogP) is 5.65. The van der Waals surface area contributed by atoms with E-state index in [1.54, 1.807) is 28.8 Å². The molecule has 234 valence electrons. The van der Waals surface area contributed by atoms with Crippen LogP contribution < -0.4 is 10.6 Å². The minimum atomic E-state index is -0.270. The third kappa shape index (κ3) is 10.5. The summed E-state index contributed by atoms with van der Waals surface area (Å²) in [6.45, 7) is 8.35. The zero-order valence-corrected chi connectivity index (χ0v) is 27.9. The van der Waals surface area contributed by atoms with Crippen LogP contribution in [0.25, 0.3) is 10.9 Å². The van der Waals surface area contributed by atoms with Crippen molar-refractivity contribution in [1.82, 2.24) is 15.2 Å². The average molecular weight is 646 g/mol. The highest BCUT2D eigenvalue weighted by Crippen LogP contribution is 2.29. The van der Waals surface area contributed by atoms with Gasteiger partial charge in [-0.3, -0.25) is 19.0 Å². The minimum Gasteiger partial charge on any atom is -0.381 e. The molecule has 3 rings (SSSR count). The molecule has 0 fully saturated rings. The van der Waals surface area contributed by atoms with Gasteiger partial charge in [-0.2, -0.15) is 25.3 Å². The van der Waals surface area contributed by atoms with Gasteiger partial charge >= 0.3 is 0 Å². The highest BCUT2D eigenvalue weighted by molar-refractivity contribution is 7.80. The van der Waals surface area contributed by atoms with E-state index in [1.807, 2.05) is 32.0 Å². The second kappa shape index (κ2) is 18.0. The number of nitrogens with one attached hydrogen (secondary N) is 2. The van der Waals surface area contributed by atoms with Crippen LogP contribution in [0.5, 0.6) is 0 Å². The van der Waals surface area contributed by atoms with Crippen molar-refractivity contribution in [3.8, 4) is 0 Å². The van der Waals surface area contributed by atoms with Crippen LogP contribution in [-0.2, 0) is 20.7 Å². The van der Waals surface area contributed by atoms with Gasteiger partial charge in [0.2, 0.25) is 0 Å². The smallest absolute Gasteiger partial charge is 0.262 e. The molecule has 0 spiro atoms. The zero-order chi connectivity index (χ0) is 31.4. The predicted molar refractivity (Wildman–Crippen MR) is 183 cm³/mol. The lowest BCUT2D eigenvalue weighted by molar-refractivity contribution is -0.121. The second-order valence-corrected chi connectivity index (χ2v) is 12.1. The molecule has 2 aromatic carbocycles. The summed E-state index contributed by atoms with van der Waals surface area (Å²) in [5.41, 5.74) is 4.04. The van der Waals surface area contributed by atoms with Crippen molar-refractivity contribution in [1.29, 1.82) is 0 Å². The van der Waals surface area contributed by atoms with E-state index in [0.29, 0.717) is 67.8 Å². The van der Waals surface area contributed by atoms with E-state index in [9.17, 15) is 14.4 Å². The molecule has 0 aliphatic carbocycles. The molecule has 1 aromatic heterocycles. The fraction of sp³-hybridized carbons (Fsp3) is 0.485. The van der Waals surface area contributed by atoms with Crippen LogP contribution in [-0.4, -0.2) is 71.9 Å². The Kier molecular flexibility index (Phi) is 14.8. The monoisotopic (exact) mass is 645 g/mol. The molecule has 0 bridgehead atoms. The topological polar surface area (TPSA) is 89.4 Å². The highest BCUT2D eigenvalue weighted by Gasteiger charge is 2.21. The van der Waals surface area contributed by atoms with Crippen molar-refractivity contribution < 1.29 is 19.1 Å². The van der Waals surface area contributed by atoms with Gasteiger partial charge in [-0.1, -0.05) is 23.2 Å². The molecule has 2 N–H and O–H groups in total. The van der Waals surface area contributed by atoms with Gasteiger partial charge in [0.1, 0.15) is 5.78 Å². The van der Waals surface area contributed by atoms with E-state index < -0.39 is 0 Å². The van der Waals surface area contributed by atoms with E-state index in [-0.39, 0.29) is 29.9 Å². The lowest BCUT2D eigenvalue weighted by Crippen LogP contribution is -2.43. The molecule has 1 unspecified atom stereocenters. The molecule has 0 saturated heterocycles. The number of hydrogen-bond acceptors (Lipinski definition) is 8. The SMILES string of the molecule is Cc1ccc2c(c1)c(CC(=O)CCCOCCCC(=O)C(CS)NCCN[C@H](C)CS)c(C)n2C(=O)c1ccc(Cl)cc1. The maximum Gasteiger partial charge on any atom is 0.262 e. The number of nitrogens with zero attached hydrogens (tertiary/aromatic N) is 1. The molecule has 2 atom stereocenters. The third-order valence-electron chi connectivity index (χ3n) is 7.47. The van der Waals surface area contributed by atoms with Gasteiger partial charge in [-0.05, 0) is 75.6 Å². The number of aryl methyl sites for hydroxylation is 1. The number of ether oxygens (including phenoxy) is 1. The average Bonchev–Trinajstić information content (AvgIpc) is 3.26. The molecule has 0 amide bonds. The zero-order valence-electron chi connectivity index (χ0n) is 25.3. The fourth-order valence-corrected chi connectivity index (χ4v) is 5.58. The molecular formula is C33H44ClN3O4S2. The maximum absolute atomic E-state index is 13.4. The number of halogens is 1. The number of ketones is 2. The van der Waals surface area contributed by atoms with E-state index >= 15 is 0 Å². The Bertz CT molecular complexity index is 1380.